The molecule has 0 heterocycles. The summed E-state index contributed by atoms with van der Waals surface area (Å²) in [5.74, 6) is -0.631. The van der Waals surface area contributed by atoms with E-state index in [9.17, 15) is 4.79 Å². The molecule has 0 aliphatic heterocycles. The molecule has 1 aliphatic carbocycles. The maximum atomic E-state index is 10.4. The Labute approximate surface area is 71.5 Å². The molecule has 0 aromatic rings. The summed E-state index contributed by atoms with van der Waals surface area (Å²) in [6, 6.07) is 0. The Morgan fingerprint density at radius 3 is 2.00 bits per heavy atom. The van der Waals surface area contributed by atoms with Crippen LogP contribution in [0.25, 0.3) is 0 Å². The van der Waals surface area contributed by atoms with Gasteiger partial charge < -0.3 is 5.11 Å². The summed E-state index contributed by atoms with van der Waals surface area (Å²) in [6.07, 6.45) is 5.24. The van der Waals surface area contributed by atoms with E-state index < -0.39 is 5.97 Å². The summed E-state index contributed by atoms with van der Waals surface area (Å²) in [4.78, 5) is 10.4. The standard InChI is InChI=1S/C7H12O2.Fe/c8-7(9)6-4-2-1-3-5-6;/h6H,1-5H2,(H,8,9);. The van der Waals surface area contributed by atoms with E-state index in [0.717, 1.165) is 25.7 Å². The molecule has 1 N–H and O–H groups in total. The van der Waals surface area contributed by atoms with E-state index in [1.54, 1.807) is 0 Å². The number of carboxylic acid groups (broad SMARTS) is 1. The number of hydrogen-bond acceptors (Lipinski definition) is 1. The number of rotatable bonds is 1. The molecular weight excluding hydrogens is 172 g/mol. The molecule has 0 spiro atoms. The van der Waals surface area contributed by atoms with Crippen LogP contribution in [0.3, 0.4) is 0 Å². The van der Waals surface area contributed by atoms with E-state index in [1.165, 1.54) is 6.42 Å². The van der Waals surface area contributed by atoms with Crippen molar-refractivity contribution in [3.63, 3.8) is 0 Å². The summed E-state index contributed by atoms with van der Waals surface area (Å²) >= 11 is 0. The van der Waals surface area contributed by atoms with Crippen molar-refractivity contribution in [3.8, 4) is 0 Å². The zero-order valence-electron chi connectivity index (χ0n) is 5.82. The van der Waals surface area contributed by atoms with E-state index in [2.05, 4.69) is 0 Å². The molecular formula is C7H12FeO2. The molecule has 3 heteroatoms. The van der Waals surface area contributed by atoms with Crippen molar-refractivity contribution in [1.82, 2.24) is 0 Å². The Morgan fingerprint density at radius 2 is 1.70 bits per heavy atom. The van der Waals surface area contributed by atoms with Gasteiger partial charge in [0, 0.05) is 17.1 Å². The maximum absolute atomic E-state index is 10.4. The first-order valence-corrected chi connectivity index (χ1v) is 3.53. The van der Waals surface area contributed by atoms with Crippen molar-refractivity contribution in [1.29, 1.82) is 0 Å². The number of carboxylic acids is 1. The van der Waals surface area contributed by atoms with Crippen LogP contribution in [0.2, 0.25) is 0 Å². The van der Waals surface area contributed by atoms with Gasteiger partial charge in [0.25, 0.3) is 0 Å². The number of carbonyl (C=O) groups is 1. The van der Waals surface area contributed by atoms with Crippen LogP contribution >= 0.6 is 0 Å². The molecule has 60 valence electrons. The quantitative estimate of drug-likeness (QED) is 0.629. The first-order valence-electron chi connectivity index (χ1n) is 3.53. The third-order valence-electron chi connectivity index (χ3n) is 1.95. The second kappa shape index (κ2) is 4.75. The Hall–Kier alpha value is -0.0105. The first-order chi connectivity index (χ1) is 4.30. The summed E-state index contributed by atoms with van der Waals surface area (Å²) in [6.45, 7) is 0. The van der Waals surface area contributed by atoms with Crippen LogP contribution in [-0.4, -0.2) is 11.1 Å². The Balaban J connectivity index is 0.000000810. The molecule has 1 fully saturated rings. The van der Waals surface area contributed by atoms with E-state index >= 15 is 0 Å². The van der Waals surface area contributed by atoms with Gasteiger partial charge in [-0.25, -0.2) is 0 Å². The van der Waals surface area contributed by atoms with Crippen LogP contribution in [0, 0.1) is 5.92 Å². The molecule has 10 heavy (non-hydrogen) atoms. The minimum atomic E-state index is -0.602. The third-order valence-corrected chi connectivity index (χ3v) is 1.95. The molecule has 0 radical (unpaired) electrons. The van der Waals surface area contributed by atoms with Gasteiger partial charge in [-0.1, -0.05) is 19.3 Å². The maximum Gasteiger partial charge on any atom is 0.306 e. The Bertz CT molecular complexity index is 108. The summed E-state index contributed by atoms with van der Waals surface area (Å²) in [5.41, 5.74) is 0. The van der Waals surface area contributed by atoms with E-state index in [1.807, 2.05) is 0 Å². The Morgan fingerprint density at radius 1 is 1.20 bits per heavy atom. The second-order valence-corrected chi connectivity index (χ2v) is 2.67. The first kappa shape index (κ1) is 9.99. The molecule has 0 aromatic heterocycles. The van der Waals surface area contributed by atoms with Gasteiger partial charge in [-0.2, -0.15) is 0 Å². The molecule has 0 saturated heterocycles. The average molecular weight is 184 g/mol. The molecule has 1 rings (SSSR count). The zero-order chi connectivity index (χ0) is 6.69. The zero-order valence-corrected chi connectivity index (χ0v) is 6.93. The van der Waals surface area contributed by atoms with Gasteiger partial charge >= 0.3 is 5.97 Å². The van der Waals surface area contributed by atoms with E-state index in [0.29, 0.717) is 0 Å². The Kier molecular flexibility index (Phi) is 4.75. The van der Waals surface area contributed by atoms with Crippen LogP contribution in [0.5, 0.6) is 0 Å². The molecule has 0 aromatic carbocycles. The van der Waals surface area contributed by atoms with E-state index in [-0.39, 0.29) is 23.0 Å². The molecule has 0 atom stereocenters. The van der Waals surface area contributed by atoms with E-state index in [4.69, 9.17) is 5.11 Å². The fourth-order valence-corrected chi connectivity index (χ4v) is 1.35. The minimum absolute atomic E-state index is 0. The van der Waals surface area contributed by atoms with Gasteiger partial charge in [0.2, 0.25) is 0 Å². The monoisotopic (exact) mass is 184 g/mol. The van der Waals surface area contributed by atoms with Gasteiger partial charge in [-0.05, 0) is 12.8 Å². The van der Waals surface area contributed by atoms with Gasteiger partial charge in [0.15, 0.2) is 0 Å². The van der Waals surface area contributed by atoms with Crippen molar-refractivity contribution < 1.29 is 27.0 Å². The summed E-state index contributed by atoms with van der Waals surface area (Å²) in [5, 5.41) is 8.54. The molecule has 0 amide bonds. The topological polar surface area (TPSA) is 37.3 Å². The normalized spacial score (nSPS) is 19.6. The van der Waals surface area contributed by atoms with Crippen molar-refractivity contribution in [2.45, 2.75) is 32.1 Å². The molecule has 1 aliphatic rings. The minimum Gasteiger partial charge on any atom is -0.481 e. The van der Waals surface area contributed by atoms with Crippen molar-refractivity contribution >= 4 is 5.97 Å². The van der Waals surface area contributed by atoms with Crippen molar-refractivity contribution in [2.24, 2.45) is 5.92 Å². The SMILES string of the molecule is O=C(O)C1CCCCC1.[Fe]. The van der Waals surface area contributed by atoms with Gasteiger partial charge in [-0.3, -0.25) is 4.79 Å². The fourth-order valence-electron chi connectivity index (χ4n) is 1.35. The molecule has 0 bridgehead atoms. The molecule has 1 saturated carbocycles. The van der Waals surface area contributed by atoms with Gasteiger partial charge in [-0.15, -0.1) is 0 Å². The largest absolute Gasteiger partial charge is 0.481 e. The number of aliphatic carboxylic acids is 1. The van der Waals surface area contributed by atoms with Crippen LogP contribution in [0.15, 0.2) is 0 Å². The van der Waals surface area contributed by atoms with Crippen LogP contribution < -0.4 is 0 Å². The predicted molar refractivity (Wildman–Crippen MR) is 34.2 cm³/mol. The fraction of sp³-hybridized carbons (Fsp3) is 0.857. The van der Waals surface area contributed by atoms with Crippen molar-refractivity contribution in [3.05, 3.63) is 0 Å². The third kappa shape index (κ3) is 2.72. The second-order valence-electron chi connectivity index (χ2n) is 2.67. The molecule has 0 unspecified atom stereocenters. The van der Waals surface area contributed by atoms with Crippen LogP contribution in [0.4, 0.5) is 0 Å². The smallest absolute Gasteiger partial charge is 0.306 e. The summed E-state index contributed by atoms with van der Waals surface area (Å²) < 4.78 is 0. The van der Waals surface area contributed by atoms with Gasteiger partial charge in [0.05, 0.1) is 5.92 Å². The van der Waals surface area contributed by atoms with Crippen LogP contribution in [0.1, 0.15) is 32.1 Å². The van der Waals surface area contributed by atoms with Crippen molar-refractivity contribution in [2.75, 3.05) is 0 Å². The average Bonchev–Trinajstić information content (AvgIpc) is 1.90. The number of hydrogen-bond donors (Lipinski definition) is 1. The van der Waals surface area contributed by atoms with Crippen LogP contribution in [-0.2, 0) is 21.9 Å². The summed E-state index contributed by atoms with van der Waals surface area (Å²) in [7, 11) is 0. The van der Waals surface area contributed by atoms with Gasteiger partial charge in [0.1, 0.15) is 0 Å². The predicted octanol–water partition coefficient (Wildman–Crippen LogP) is 1.65. The molecule has 2 nitrogen and oxygen atoms in total.